The van der Waals surface area contributed by atoms with Gasteiger partial charge in [0.2, 0.25) is 0 Å². The lowest BCUT2D eigenvalue weighted by atomic mass is 10.0. The van der Waals surface area contributed by atoms with E-state index in [1.165, 1.54) is 0 Å². The van der Waals surface area contributed by atoms with Crippen LogP contribution in [-0.4, -0.2) is 49.8 Å². The third-order valence-corrected chi connectivity index (χ3v) is 3.13. The summed E-state index contributed by atoms with van der Waals surface area (Å²) in [6, 6.07) is 2.84. The van der Waals surface area contributed by atoms with E-state index in [2.05, 4.69) is 30.1 Å². The van der Waals surface area contributed by atoms with Crippen molar-refractivity contribution >= 4 is 0 Å². The Morgan fingerprint density at radius 1 is 1.47 bits per heavy atom. The van der Waals surface area contributed by atoms with E-state index < -0.39 is 5.54 Å². The van der Waals surface area contributed by atoms with Gasteiger partial charge in [0, 0.05) is 26.2 Å². The second kappa shape index (κ2) is 8.46. The summed E-state index contributed by atoms with van der Waals surface area (Å²) in [5.74, 6) is 0. The molecule has 0 radical (unpaired) electrons. The molecule has 1 N–H and O–H groups in total. The molecular weight excluding hydrogens is 214 g/mol. The Morgan fingerprint density at radius 2 is 2.12 bits per heavy atom. The third kappa shape index (κ3) is 6.02. The topological polar surface area (TPSA) is 48.3 Å². The summed E-state index contributed by atoms with van der Waals surface area (Å²) < 4.78 is 5.13. The zero-order chi connectivity index (χ0) is 13.3. The third-order valence-electron chi connectivity index (χ3n) is 3.13. The fraction of sp³-hybridized carbons (Fsp3) is 0.923. The van der Waals surface area contributed by atoms with Crippen LogP contribution in [0.1, 0.15) is 34.1 Å². The molecule has 2 atom stereocenters. The zero-order valence-electron chi connectivity index (χ0n) is 11.9. The van der Waals surface area contributed by atoms with Gasteiger partial charge < -0.3 is 4.74 Å². The lowest BCUT2D eigenvalue weighted by Crippen LogP contribution is -2.53. The first kappa shape index (κ1) is 16.4. The van der Waals surface area contributed by atoms with Gasteiger partial charge in [0.15, 0.2) is 0 Å². The molecule has 0 aromatic rings. The van der Waals surface area contributed by atoms with Gasteiger partial charge in [0.25, 0.3) is 0 Å². The summed E-state index contributed by atoms with van der Waals surface area (Å²) in [5.41, 5.74) is -0.480. The van der Waals surface area contributed by atoms with Gasteiger partial charge in [-0.2, -0.15) is 5.26 Å². The molecule has 0 aliphatic carbocycles. The summed E-state index contributed by atoms with van der Waals surface area (Å²) in [6.45, 7) is 11.5. The van der Waals surface area contributed by atoms with Gasteiger partial charge >= 0.3 is 0 Å². The molecule has 0 aromatic carbocycles. The van der Waals surface area contributed by atoms with Gasteiger partial charge in [0.1, 0.15) is 5.54 Å². The van der Waals surface area contributed by atoms with Crippen molar-refractivity contribution in [1.82, 2.24) is 10.2 Å². The molecule has 0 heterocycles. The second-order valence-electron chi connectivity index (χ2n) is 4.69. The monoisotopic (exact) mass is 241 g/mol. The standard InChI is InChI=1S/C13H27N3O/c1-6-12(3)16(8-9-17-5)11-13(4,10-14)15-7-2/h12,15H,6-9,11H2,1-5H3. The molecule has 0 aromatic heterocycles. The number of ether oxygens (including phenoxy) is 1. The number of likely N-dealkylation sites (N-methyl/N-ethyl adjacent to an activating group) is 1. The molecule has 0 aliphatic heterocycles. The van der Waals surface area contributed by atoms with Crippen molar-refractivity contribution in [2.45, 2.75) is 45.7 Å². The maximum absolute atomic E-state index is 9.27. The van der Waals surface area contributed by atoms with E-state index in [0.29, 0.717) is 12.6 Å². The summed E-state index contributed by atoms with van der Waals surface area (Å²) in [4.78, 5) is 2.31. The Labute approximate surface area is 106 Å². The molecule has 0 fully saturated rings. The lowest BCUT2D eigenvalue weighted by Gasteiger charge is -2.34. The van der Waals surface area contributed by atoms with Crippen LogP contribution in [0.25, 0.3) is 0 Å². The van der Waals surface area contributed by atoms with Crippen molar-refractivity contribution in [1.29, 1.82) is 5.26 Å². The summed E-state index contributed by atoms with van der Waals surface area (Å²) in [7, 11) is 1.71. The van der Waals surface area contributed by atoms with E-state index in [-0.39, 0.29) is 0 Å². The van der Waals surface area contributed by atoms with Gasteiger partial charge in [-0.15, -0.1) is 0 Å². The highest BCUT2D eigenvalue weighted by atomic mass is 16.5. The van der Waals surface area contributed by atoms with Gasteiger partial charge in [0.05, 0.1) is 12.7 Å². The minimum Gasteiger partial charge on any atom is -0.383 e. The number of nitrogens with one attached hydrogen (secondary N) is 1. The van der Waals surface area contributed by atoms with Crippen LogP contribution in [0, 0.1) is 11.3 Å². The molecule has 0 amide bonds. The summed E-state index contributed by atoms with van der Waals surface area (Å²) >= 11 is 0. The first-order valence-corrected chi connectivity index (χ1v) is 6.42. The largest absolute Gasteiger partial charge is 0.383 e. The van der Waals surface area contributed by atoms with Gasteiger partial charge in [-0.25, -0.2) is 0 Å². The smallest absolute Gasteiger partial charge is 0.116 e. The quantitative estimate of drug-likeness (QED) is 0.666. The van der Waals surface area contributed by atoms with Crippen molar-refractivity contribution in [2.75, 3.05) is 33.4 Å². The first-order chi connectivity index (χ1) is 8.02. The van der Waals surface area contributed by atoms with Crippen LogP contribution in [-0.2, 0) is 4.74 Å². The molecule has 0 spiro atoms. The van der Waals surface area contributed by atoms with Crippen molar-refractivity contribution in [2.24, 2.45) is 0 Å². The van der Waals surface area contributed by atoms with Crippen LogP contribution in [0.3, 0.4) is 0 Å². The lowest BCUT2D eigenvalue weighted by molar-refractivity contribution is 0.107. The molecule has 100 valence electrons. The average molecular weight is 241 g/mol. The van der Waals surface area contributed by atoms with Crippen molar-refractivity contribution in [3.8, 4) is 6.07 Å². The average Bonchev–Trinajstić information content (AvgIpc) is 2.33. The predicted molar refractivity (Wildman–Crippen MR) is 70.9 cm³/mol. The van der Waals surface area contributed by atoms with E-state index in [4.69, 9.17) is 4.74 Å². The second-order valence-corrected chi connectivity index (χ2v) is 4.69. The molecule has 0 aliphatic rings. The number of hydrogen-bond acceptors (Lipinski definition) is 4. The van der Waals surface area contributed by atoms with Gasteiger partial charge in [-0.1, -0.05) is 13.8 Å². The van der Waals surface area contributed by atoms with E-state index >= 15 is 0 Å². The van der Waals surface area contributed by atoms with E-state index in [9.17, 15) is 5.26 Å². The fourth-order valence-electron chi connectivity index (χ4n) is 1.85. The SMILES string of the molecule is CCNC(C)(C#N)CN(CCOC)C(C)CC. The number of hydrogen-bond donors (Lipinski definition) is 1. The Balaban J connectivity index is 4.54. The van der Waals surface area contributed by atoms with Gasteiger partial charge in [-0.05, 0) is 26.8 Å². The molecule has 4 heteroatoms. The highest BCUT2D eigenvalue weighted by Crippen LogP contribution is 2.11. The highest BCUT2D eigenvalue weighted by Gasteiger charge is 2.27. The molecule has 4 nitrogen and oxygen atoms in total. The number of nitriles is 1. The van der Waals surface area contributed by atoms with Crippen LogP contribution in [0.2, 0.25) is 0 Å². The first-order valence-electron chi connectivity index (χ1n) is 6.42. The van der Waals surface area contributed by atoms with Crippen LogP contribution in [0.15, 0.2) is 0 Å². The van der Waals surface area contributed by atoms with Crippen LogP contribution in [0.4, 0.5) is 0 Å². The molecule has 0 saturated carbocycles. The Kier molecular flexibility index (Phi) is 8.15. The summed E-state index contributed by atoms with van der Waals surface area (Å²) in [5, 5.41) is 12.5. The fourth-order valence-corrected chi connectivity index (χ4v) is 1.85. The molecule has 0 saturated heterocycles. The molecule has 2 unspecified atom stereocenters. The van der Waals surface area contributed by atoms with E-state index in [1.54, 1.807) is 7.11 Å². The number of rotatable bonds is 9. The maximum atomic E-state index is 9.27. The molecular formula is C13H27N3O. The number of nitrogens with zero attached hydrogens (tertiary/aromatic N) is 2. The molecule has 17 heavy (non-hydrogen) atoms. The van der Waals surface area contributed by atoms with E-state index in [0.717, 1.165) is 26.1 Å². The summed E-state index contributed by atoms with van der Waals surface area (Å²) in [6.07, 6.45) is 1.08. The number of methoxy groups -OCH3 is 1. The van der Waals surface area contributed by atoms with Crippen LogP contribution >= 0.6 is 0 Å². The Hall–Kier alpha value is -0.630. The minimum absolute atomic E-state index is 0.469. The minimum atomic E-state index is -0.480. The van der Waals surface area contributed by atoms with Crippen molar-refractivity contribution < 1.29 is 4.74 Å². The Morgan fingerprint density at radius 3 is 2.53 bits per heavy atom. The normalized spacial score (nSPS) is 16.5. The van der Waals surface area contributed by atoms with Crippen LogP contribution < -0.4 is 5.32 Å². The van der Waals surface area contributed by atoms with Crippen molar-refractivity contribution in [3.05, 3.63) is 0 Å². The Bertz CT molecular complexity index is 239. The van der Waals surface area contributed by atoms with Crippen molar-refractivity contribution in [3.63, 3.8) is 0 Å². The predicted octanol–water partition coefficient (Wildman–Crippen LogP) is 1.63. The molecule has 0 rings (SSSR count). The zero-order valence-corrected chi connectivity index (χ0v) is 11.9. The van der Waals surface area contributed by atoms with Gasteiger partial charge in [-0.3, -0.25) is 10.2 Å². The van der Waals surface area contributed by atoms with Crippen LogP contribution in [0.5, 0.6) is 0 Å². The maximum Gasteiger partial charge on any atom is 0.116 e. The molecule has 0 bridgehead atoms. The van der Waals surface area contributed by atoms with E-state index in [1.807, 2.05) is 13.8 Å². The highest BCUT2D eigenvalue weighted by molar-refractivity contribution is 5.05.